The van der Waals surface area contributed by atoms with Crippen LogP contribution in [-0.2, 0) is 6.61 Å². The Hall–Kier alpha value is -2.55. The molecule has 0 aliphatic rings. The smallest absolute Gasteiger partial charge is 0.253 e. The number of halogens is 1. The summed E-state index contributed by atoms with van der Waals surface area (Å²) >= 11 is 0. The summed E-state index contributed by atoms with van der Waals surface area (Å²) in [6.07, 6.45) is 0. The lowest BCUT2D eigenvalue weighted by atomic mass is 10.2. The number of hydrogen-bond acceptors (Lipinski definition) is 4. The molecule has 0 amide bonds. The van der Waals surface area contributed by atoms with Crippen molar-refractivity contribution in [3.05, 3.63) is 41.2 Å². The number of ether oxygens (including phenoxy) is 1. The number of nitriles is 1. The maximum atomic E-state index is 12.8. The molecule has 2 N–H and O–H groups in total. The van der Waals surface area contributed by atoms with Gasteiger partial charge in [-0.2, -0.15) is 5.26 Å². The van der Waals surface area contributed by atoms with Gasteiger partial charge in [-0.05, 0) is 31.5 Å². The quantitative estimate of drug-likeness (QED) is 0.929. The van der Waals surface area contributed by atoms with E-state index in [1.807, 2.05) is 19.9 Å². The van der Waals surface area contributed by atoms with Gasteiger partial charge in [-0.1, -0.05) is 12.1 Å². The number of benzene rings is 1. The first-order valence-corrected chi connectivity index (χ1v) is 6.18. The molecule has 0 bridgehead atoms. The van der Waals surface area contributed by atoms with Crippen molar-refractivity contribution in [2.75, 3.05) is 5.73 Å². The van der Waals surface area contributed by atoms with E-state index in [0.717, 1.165) is 5.56 Å². The average molecular weight is 274 g/mol. The van der Waals surface area contributed by atoms with Gasteiger partial charge >= 0.3 is 0 Å². The Balaban J connectivity index is 2.19. The Morgan fingerprint density at radius 2 is 2.05 bits per heavy atom. The molecule has 2 rings (SSSR count). The van der Waals surface area contributed by atoms with Crippen LogP contribution in [0, 0.1) is 17.1 Å². The summed E-state index contributed by atoms with van der Waals surface area (Å²) in [7, 11) is 0. The summed E-state index contributed by atoms with van der Waals surface area (Å²) in [5.74, 6) is 0.180. The third-order valence-electron chi connectivity index (χ3n) is 2.81. The molecule has 5 nitrogen and oxygen atoms in total. The molecule has 0 radical (unpaired) electrons. The molecule has 0 atom stereocenters. The number of nitrogens with zero attached hydrogens (tertiary/aromatic N) is 3. The highest BCUT2D eigenvalue weighted by molar-refractivity contribution is 5.55. The second-order valence-corrected chi connectivity index (χ2v) is 4.63. The molecule has 1 aromatic carbocycles. The number of nitrogens with two attached hydrogens (primary N) is 1. The van der Waals surface area contributed by atoms with Gasteiger partial charge in [0.1, 0.15) is 24.3 Å². The molecule has 104 valence electrons. The maximum Gasteiger partial charge on any atom is 0.253 e. The van der Waals surface area contributed by atoms with Gasteiger partial charge in [0.05, 0.1) is 0 Å². The van der Waals surface area contributed by atoms with E-state index in [1.54, 1.807) is 16.8 Å². The summed E-state index contributed by atoms with van der Waals surface area (Å²) in [6, 6.07) is 7.96. The van der Waals surface area contributed by atoms with E-state index >= 15 is 0 Å². The van der Waals surface area contributed by atoms with E-state index < -0.39 is 0 Å². The summed E-state index contributed by atoms with van der Waals surface area (Å²) in [5, 5.41) is 13.3. The Morgan fingerprint density at radius 3 is 2.60 bits per heavy atom. The first kappa shape index (κ1) is 13.9. The standard InChI is InChI=1S/C14H15FN4O/c1-9(2)19-13(17)12(7-16)14(18-19)20-8-10-3-5-11(15)6-4-10/h3-6,9H,8,17H2,1-2H3. The summed E-state index contributed by atoms with van der Waals surface area (Å²) in [4.78, 5) is 0. The maximum absolute atomic E-state index is 12.8. The molecule has 20 heavy (non-hydrogen) atoms. The minimum Gasteiger partial charge on any atom is -0.471 e. The van der Waals surface area contributed by atoms with Gasteiger partial charge in [0.2, 0.25) is 0 Å². The van der Waals surface area contributed by atoms with Gasteiger partial charge in [-0.3, -0.25) is 0 Å². The van der Waals surface area contributed by atoms with Crippen LogP contribution in [-0.4, -0.2) is 9.78 Å². The topological polar surface area (TPSA) is 76.9 Å². The molecule has 0 saturated heterocycles. The first-order valence-electron chi connectivity index (χ1n) is 6.18. The van der Waals surface area contributed by atoms with Crippen molar-refractivity contribution in [3.63, 3.8) is 0 Å². The predicted octanol–water partition coefficient (Wildman–Crippen LogP) is 2.64. The molecule has 0 spiro atoms. The molecule has 0 fully saturated rings. The SMILES string of the molecule is CC(C)n1nc(OCc2ccc(F)cc2)c(C#N)c1N. The van der Waals surface area contributed by atoms with Crippen LogP contribution in [0.15, 0.2) is 24.3 Å². The fourth-order valence-corrected chi connectivity index (χ4v) is 1.76. The normalized spacial score (nSPS) is 10.6. The van der Waals surface area contributed by atoms with Crippen LogP contribution in [0.4, 0.5) is 10.2 Å². The van der Waals surface area contributed by atoms with Crippen LogP contribution in [0.25, 0.3) is 0 Å². The Labute approximate surface area is 116 Å². The lowest BCUT2D eigenvalue weighted by Crippen LogP contribution is -2.07. The molecule has 1 heterocycles. The Morgan fingerprint density at radius 1 is 1.40 bits per heavy atom. The molecule has 1 aromatic heterocycles. The second-order valence-electron chi connectivity index (χ2n) is 4.63. The fourth-order valence-electron chi connectivity index (χ4n) is 1.76. The van der Waals surface area contributed by atoms with Gasteiger partial charge in [0.25, 0.3) is 5.88 Å². The van der Waals surface area contributed by atoms with E-state index in [0.29, 0.717) is 0 Å². The molecular weight excluding hydrogens is 259 g/mol. The molecule has 0 aliphatic carbocycles. The third kappa shape index (κ3) is 2.72. The van der Waals surface area contributed by atoms with Gasteiger partial charge < -0.3 is 10.5 Å². The Kier molecular flexibility index (Phi) is 3.89. The third-order valence-corrected chi connectivity index (χ3v) is 2.81. The zero-order valence-corrected chi connectivity index (χ0v) is 11.3. The van der Waals surface area contributed by atoms with E-state index in [4.69, 9.17) is 15.7 Å². The van der Waals surface area contributed by atoms with Crippen LogP contribution in [0.3, 0.4) is 0 Å². The summed E-state index contributed by atoms with van der Waals surface area (Å²) in [6.45, 7) is 4.02. The Bertz CT molecular complexity index is 640. The van der Waals surface area contributed by atoms with Crippen molar-refractivity contribution < 1.29 is 9.13 Å². The lowest BCUT2D eigenvalue weighted by Gasteiger charge is -2.06. The van der Waals surface area contributed by atoms with Crippen molar-refractivity contribution in [1.29, 1.82) is 5.26 Å². The molecule has 6 heteroatoms. The summed E-state index contributed by atoms with van der Waals surface area (Å²) < 4.78 is 19.8. The largest absolute Gasteiger partial charge is 0.471 e. The van der Waals surface area contributed by atoms with Gasteiger partial charge in [-0.15, -0.1) is 5.10 Å². The molecular formula is C14H15FN4O. The summed E-state index contributed by atoms with van der Waals surface area (Å²) in [5.41, 5.74) is 6.86. The fraction of sp³-hybridized carbons (Fsp3) is 0.286. The second kappa shape index (κ2) is 5.61. The van der Waals surface area contributed by atoms with Crippen molar-refractivity contribution in [2.45, 2.75) is 26.5 Å². The number of aromatic nitrogens is 2. The van der Waals surface area contributed by atoms with Crippen LogP contribution < -0.4 is 10.5 Å². The molecule has 2 aromatic rings. The van der Waals surface area contributed by atoms with Crippen LogP contribution in [0.5, 0.6) is 5.88 Å². The van der Waals surface area contributed by atoms with Gasteiger partial charge in [0, 0.05) is 6.04 Å². The zero-order chi connectivity index (χ0) is 14.7. The highest BCUT2D eigenvalue weighted by Crippen LogP contribution is 2.26. The first-order chi connectivity index (χ1) is 9.52. The van der Waals surface area contributed by atoms with Crippen LogP contribution in [0.1, 0.15) is 31.0 Å². The average Bonchev–Trinajstić information content (AvgIpc) is 2.74. The van der Waals surface area contributed by atoms with Crippen molar-refractivity contribution in [2.24, 2.45) is 0 Å². The van der Waals surface area contributed by atoms with Crippen LogP contribution >= 0.6 is 0 Å². The number of nitrogen functional groups attached to an aromatic ring is 1. The van der Waals surface area contributed by atoms with E-state index in [9.17, 15) is 4.39 Å². The van der Waals surface area contributed by atoms with E-state index in [2.05, 4.69) is 5.10 Å². The molecule has 0 saturated carbocycles. The van der Waals surface area contributed by atoms with Gasteiger partial charge in [0.15, 0.2) is 5.56 Å². The minimum atomic E-state index is -0.306. The van der Waals surface area contributed by atoms with Crippen molar-refractivity contribution >= 4 is 5.82 Å². The number of anilines is 1. The lowest BCUT2D eigenvalue weighted by molar-refractivity contribution is 0.287. The highest BCUT2D eigenvalue weighted by atomic mass is 19.1. The highest BCUT2D eigenvalue weighted by Gasteiger charge is 2.18. The van der Waals surface area contributed by atoms with Crippen LogP contribution in [0.2, 0.25) is 0 Å². The van der Waals surface area contributed by atoms with E-state index in [-0.39, 0.29) is 35.7 Å². The predicted molar refractivity (Wildman–Crippen MR) is 72.5 cm³/mol. The van der Waals surface area contributed by atoms with Gasteiger partial charge in [-0.25, -0.2) is 9.07 Å². The zero-order valence-electron chi connectivity index (χ0n) is 11.3. The van der Waals surface area contributed by atoms with Crippen molar-refractivity contribution in [1.82, 2.24) is 9.78 Å². The van der Waals surface area contributed by atoms with Crippen molar-refractivity contribution in [3.8, 4) is 11.9 Å². The van der Waals surface area contributed by atoms with E-state index in [1.165, 1.54) is 12.1 Å². The molecule has 0 unspecified atom stereocenters. The minimum absolute atomic E-state index is 0.0327. The molecule has 0 aliphatic heterocycles. The number of hydrogen-bond donors (Lipinski definition) is 1. The number of rotatable bonds is 4. The monoisotopic (exact) mass is 274 g/mol.